The highest BCUT2D eigenvalue weighted by atomic mass is 16.4. The average molecular weight is 245 g/mol. The molecule has 0 saturated heterocycles. The van der Waals surface area contributed by atoms with Crippen molar-refractivity contribution in [1.82, 2.24) is 15.5 Å². The Labute approximate surface area is 107 Å². The van der Waals surface area contributed by atoms with E-state index in [2.05, 4.69) is 48.4 Å². The van der Waals surface area contributed by atoms with E-state index in [4.69, 9.17) is 4.42 Å². The van der Waals surface area contributed by atoms with Gasteiger partial charge in [0, 0.05) is 5.56 Å². The van der Waals surface area contributed by atoms with E-state index in [0.717, 1.165) is 12.1 Å². The highest BCUT2D eigenvalue weighted by Gasteiger charge is 2.13. The molecule has 4 nitrogen and oxygen atoms in total. The van der Waals surface area contributed by atoms with Gasteiger partial charge in [0.2, 0.25) is 11.8 Å². The Morgan fingerprint density at radius 1 is 1.11 bits per heavy atom. The fourth-order valence-electron chi connectivity index (χ4n) is 2.18. The van der Waals surface area contributed by atoms with Crippen LogP contribution in [0, 0.1) is 20.8 Å². The summed E-state index contributed by atoms with van der Waals surface area (Å²) in [6.45, 7) is 9.79. The second kappa shape index (κ2) is 5.31. The van der Waals surface area contributed by atoms with Gasteiger partial charge in [-0.3, -0.25) is 0 Å². The minimum Gasteiger partial charge on any atom is -0.419 e. The summed E-state index contributed by atoms with van der Waals surface area (Å²) in [5.41, 5.74) is 4.65. The maximum atomic E-state index is 5.69. The molecule has 0 aliphatic rings. The van der Waals surface area contributed by atoms with Crippen LogP contribution in [0.3, 0.4) is 0 Å². The first-order valence-corrected chi connectivity index (χ1v) is 6.23. The lowest BCUT2D eigenvalue weighted by Crippen LogP contribution is -2.11. The predicted octanol–water partition coefficient (Wildman–Crippen LogP) is 2.77. The molecule has 1 N–H and O–H groups in total. The van der Waals surface area contributed by atoms with Gasteiger partial charge in [-0.2, -0.15) is 0 Å². The first-order chi connectivity index (χ1) is 8.61. The van der Waals surface area contributed by atoms with E-state index >= 15 is 0 Å². The van der Waals surface area contributed by atoms with E-state index in [1.54, 1.807) is 0 Å². The van der Waals surface area contributed by atoms with Crippen molar-refractivity contribution in [2.24, 2.45) is 0 Å². The third kappa shape index (κ3) is 2.59. The molecule has 18 heavy (non-hydrogen) atoms. The van der Waals surface area contributed by atoms with Gasteiger partial charge in [0.05, 0.1) is 6.54 Å². The number of aromatic nitrogens is 2. The largest absolute Gasteiger partial charge is 0.419 e. The standard InChI is InChI=1S/C14H19N3O/c1-5-15-8-12-16-17-14(18-12)13-10(3)6-9(2)7-11(13)4/h6-7,15H,5,8H2,1-4H3. The molecular formula is C14H19N3O. The van der Waals surface area contributed by atoms with E-state index in [9.17, 15) is 0 Å². The highest BCUT2D eigenvalue weighted by molar-refractivity contribution is 5.63. The van der Waals surface area contributed by atoms with Gasteiger partial charge in [0.1, 0.15) is 0 Å². The van der Waals surface area contributed by atoms with Crippen molar-refractivity contribution in [3.63, 3.8) is 0 Å². The van der Waals surface area contributed by atoms with Crippen molar-refractivity contribution >= 4 is 0 Å². The fourth-order valence-corrected chi connectivity index (χ4v) is 2.18. The van der Waals surface area contributed by atoms with E-state index in [1.807, 2.05) is 6.92 Å². The van der Waals surface area contributed by atoms with Gasteiger partial charge in [-0.25, -0.2) is 0 Å². The Morgan fingerprint density at radius 2 is 1.78 bits per heavy atom. The third-order valence-electron chi connectivity index (χ3n) is 2.88. The molecule has 4 heteroatoms. The number of nitrogens with zero attached hydrogens (tertiary/aromatic N) is 2. The summed E-state index contributed by atoms with van der Waals surface area (Å²) < 4.78 is 5.69. The highest BCUT2D eigenvalue weighted by Crippen LogP contribution is 2.27. The van der Waals surface area contributed by atoms with Crippen LogP contribution in [0.15, 0.2) is 16.5 Å². The number of benzene rings is 1. The van der Waals surface area contributed by atoms with Crippen molar-refractivity contribution in [1.29, 1.82) is 0 Å². The van der Waals surface area contributed by atoms with Crippen LogP contribution in [0.25, 0.3) is 11.5 Å². The number of rotatable bonds is 4. The van der Waals surface area contributed by atoms with Crippen LogP contribution in [-0.4, -0.2) is 16.7 Å². The second-order valence-corrected chi connectivity index (χ2v) is 4.56. The molecule has 0 radical (unpaired) electrons. The fraction of sp³-hybridized carbons (Fsp3) is 0.429. The molecule has 0 aliphatic heterocycles. The molecule has 0 spiro atoms. The Bertz CT molecular complexity index is 523. The molecule has 96 valence electrons. The van der Waals surface area contributed by atoms with E-state index in [0.29, 0.717) is 18.3 Å². The SMILES string of the molecule is CCNCc1nnc(-c2c(C)cc(C)cc2C)o1. The van der Waals surface area contributed by atoms with Crippen molar-refractivity contribution in [3.05, 3.63) is 34.7 Å². The van der Waals surface area contributed by atoms with E-state index in [1.165, 1.54) is 16.7 Å². The zero-order valence-corrected chi connectivity index (χ0v) is 11.4. The van der Waals surface area contributed by atoms with Crippen LogP contribution in [0.2, 0.25) is 0 Å². The van der Waals surface area contributed by atoms with Crippen LogP contribution in [0.5, 0.6) is 0 Å². The van der Waals surface area contributed by atoms with Crippen LogP contribution in [0.4, 0.5) is 0 Å². The van der Waals surface area contributed by atoms with Gasteiger partial charge in [0.15, 0.2) is 0 Å². The maximum Gasteiger partial charge on any atom is 0.248 e. The van der Waals surface area contributed by atoms with E-state index in [-0.39, 0.29) is 0 Å². The van der Waals surface area contributed by atoms with Gasteiger partial charge in [-0.05, 0) is 38.4 Å². The van der Waals surface area contributed by atoms with Crippen LogP contribution >= 0.6 is 0 Å². The van der Waals surface area contributed by atoms with Crippen molar-refractivity contribution in [2.75, 3.05) is 6.54 Å². The molecular weight excluding hydrogens is 226 g/mol. The predicted molar refractivity (Wildman–Crippen MR) is 71.3 cm³/mol. The van der Waals surface area contributed by atoms with Crippen molar-refractivity contribution in [3.8, 4) is 11.5 Å². The zero-order valence-electron chi connectivity index (χ0n) is 11.4. The summed E-state index contributed by atoms with van der Waals surface area (Å²) >= 11 is 0. The molecule has 2 rings (SSSR count). The normalized spacial score (nSPS) is 10.9. The molecule has 0 aliphatic carbocycles. The van der Waals surface area contributed by atoms with Gasteiger partial charge in [-0.1, -0.05) is 24.6 Å². The lowest BCUT2D eigenvalue weighted by Gasteiger charge is -2.07. The molecule has 0 amide bonds. The second-order valence-electron chi connectivity index (χ2n) is 4.56. The molecule has 1 heterocycles. The smallest absolute Gasteiger partial charge is 0.248 e. The molecule has 2 aromatic rings. The van der Waals surface area contributed by atoms with Crippen molar-refractivity contribution < 1.29 is 4.42 Å². The quantitative estimate of drug-likeness (QED) is 0.900. The third-order valence-corrected chi connectivity index (χ3v) is 2.88. The van der Waals surface area contributed by atoms with Gasteiger partial charge in [-0.15, -0.1) is 10.2 Å². The summed E-state index contributed by atoms with van der Waals surface area (Å²) in [6.07, 6.45) is 0. The number of hydrogen-bond donors (Lipinski definition) is 1. The molecule has 0 saturated carbocycles. The summed E-state index contributed by atoms with van der Waals surface area (Å²) in [5.74, 6) is 1.24. The van der Waals surface area contributed by atoms with Crippen LogP contribution in [0.1, 0.15) is 29.5 Å². The first kappa shape index (κ1) is 12.8. The Kier molecular flexibility index (Phi) is 3.77. The Hall–Kier alpha value is -1.68. The van der Waals surface area contributed by atoms with Crippen LogP contribution < -0.4 is 5.32 Å². The topological polar surface area (TPSA) is 51.0 Å². The lowest BCUT2D eigenvalue weighted by atomic mass is 10.00. The van der Waals surface area contributed by atoms with Gasteiger partial charge in [0.25, 0.3) is 0 Å². The molecule has 1 aromatic heterocycles. The molecule has 0 bridgehead atoms. The molecule has 0 atom stereocenters. The van der Waals surface area contributed by atoms with Gasteiger partial charge < -0.3 is 9.73 Å². The van der Waals surface area contributed by atoms with Gasteiger partial charge >= 0.3 is 0 Å². The maximum absolute atomic E-state index is 5.69. The van der Waals surface area contributed by atoms with E-state index < -0.39 is 0 Å². The monoisotopic (exact) mass is 245 g/mol. The number of aryl methyl sites for hydroxylation is 3. The summed E-state index contributed by atoms with van der Waals surface area (Å²) in [7, 11) is 0. The minimum absolute atomic E-state index is 0.609. The Balaban J connectivity index is 2.34. The summed E-state index contributed by atoms with van der Waals surface area (Å²) in [6, 6.07) is 4.27. The number of nitrogens with one attached hydrogen (secondary N) is 1. The zero-order chi connectivity index (χ0) is 13.1. The molecule has 0 unspecified atom stereocenters. The number of hydrogen-bond acceptors (Lipinski definition) is 4. The Morgan fingerprint density at radius 3 is 2.39 bits per heavy atom. The minimum atomic E-state index is 0.609. The first-order valence-electron chi connectivity index (χ1n) is 6.23. The molecule has 0 fully saturated rings. The summed E-state index contributed by atoms with van der Waals surface area (Å²) in [4.78, 5) is 0. The average Bonchev–Trinajstić information content (AvgIpc) is 2.73. The summed E-state index contributed by atoms with van der Waals surface area (Å²) in [5, 5.41) is 11.4. The molecule has 1 aromatic carbocycles. The van der Waals surface area contributed by atoms with Crippen LogP contribution in [-0.2, 0) is 6.54 Å². The van der Waals surface area contributed by atoms with Crippen molar-refractivity contribution in [2.45, 2.75) is 34.2 Å². The lowest BCUT2D eigenvalue weighted by molar-refractivity contribution is 0.481.